The number of nitrogens with one attached hydrogen (secondary N) is 2. The second kappa shape index (κ2) is 9.85. The molecule has 0 heterocycles. The molecule has 29 heavy (non-hydrogen) atoms. The third-order valence-electron chi connectivity index (χ3n) is 4.91. The number of amides is 3. The number of non-ortho nitro benzene ring substituents is 1. The van der Waals surface area contributed by atoms with Crippen molar-refractivity contribution >= 4 is 29.3 Å². The predicted molar refractivity (Wildman–Crippen MR) is 106 cm³/mol. The number of hydrogen-bond donors (Lipinski definition) is 2. The number of nitrogens with zero attached hydrogens (tertiary/aromatic N) is 2. The number of esters is 1. The predicted octanol–water partition coefficient (Wildman–Crippen LogP) is 2.22. The minimum atomic E-state index is -0.895. The fraction of sp³-hybridized carbons (Fsp3) is 0.526. The van der Waals surface area contributed by atoms with Gasteiger partial charge in [0, 0.05) is 32.3 Å². The summed E-state index contributed by atoms with van der Waals surface area (Å²) in [7, 11) is 3.34. The Morgan fingerprint density at radius 2 is 1.93 bits per heavy atom. The fourth-order valence-electron chi connectivity index (χ4n) is 3.30. The lowest BCUT2D eigenvalue weighted by molar-refractivity contribution is -0.384. The number of benzene rings is 1. The number of imide groups is 1. The van der Waals surface area contributed by atoms with E-state index in [0.717, 1.165) is 31.7 Å². The topological polar surface area (TPSA) is 131 Å². The van der Waals surface area contributed by atoms with E-state index in [9.17, 15) is 24.5 Å². The van der Waals surface area contributed by atoms with Crippen LogP contribution < -0.4 is 15.5 Å². The van der Waals surface area contributed by atoms with Gasteiger partial charge in [0.25, 0.3) is 11.6 Å². The fourth-order valence-corrected chi connectivity index (χ4v) is 3.30. The number of nitro benzene ring substituents is 1. The van der Waals surface area contributed by atoms with E-state index in [0.29, 0.717) is 11.6 Å². The van der Waals surface area contributed by atoms with Crippen LogP contribution in [0.3, 0.4) is 0 Å². The first-order chi connectivity index (χ1) is 13.7. The summed E-state index contributed by atoms with van der Waals surface area (Å²) in [6, 6.07) is 3.16. The summed E-state index contributed by atoms with van der Waals surface area (Å²) in [5.41, 5.74) is 0.0931. The zero-order valence-corrected chi connectivity index (χ0v) is 16.8. The number of ether oxygens (including phenoxy) is 1. The lowest BCUT2D eigenvalue weighted by Gasteiger charge is -2.29. The molecule has 2 rings (SSSR count). The van der Waals surface area contributed by atoms with Gasteiger partial charge >= 0.3 is 12.0 Å². The Labute approximate surface area is 168 Å². The molecule has 2 N–H and O–H groups in total. The lowest BCUT2D eigenvalue weighted by Crippen LogP contribution is -2.48. The molecular weight excluding hydrogens is 380 g/mol. The molecule has 158 valence electrons. The first-order valence-electron chi connectivity index (χ1n) is 9.42. The number of rotatable bonds is 6. The van der Waals surface area contributed by atoms with Crippen LogP contribution in [0, 0.1) is 16.0 Å². The van der Waals surface area contributed by atoms with Crippen molar-refractivity contribution in [2.24, 2.45) is 5.92 Å². The zero-order chi connectivity index (χ0) is 21.6. The van der Waals surface area contributed by atoms with Crippen molar-refractivity contribution in [1.82, 2.24) is 10.6 Å². The number of carbonyl (C=O) groups excluding carboxylic acids is 3. The summed E-state index contributed by atoms with van der Waals surface area (Å²) in [5.74, 6) is -1.34. The molecule has 0 unspecified atom stereocenters. The highest BCUT2D eigenvalue weighted by Gasteiger charge is 2.24. The van der Waals surface area contributed by atoms with E-state index in [1.165, 1.54) is 12.1 Å². The van der Waals surface area contributed by atoms with Crippen LogP contribution >= 0.6 is 0 Å². The van der Waals surface area contributed by atoms with Crippen molar-refractivity contribution in [2.75, 3.05) is 25.6 Å². The van der Waals surface area contributed by atoms with E-state index in [4.69, 9.17) is 4.74 Å². The third-order valence-corrected chi connectivity index (χ3v) is 4.91. The van der Waals surface area contributed by atoms with Gasteiger partial charge in [0.2, 0.25) is 0 Å². The van der Waals surface area contributed by atoms with E-state index < -0.39 is 29.4 Å². The Kier molecular flexibility index (Phi) is 7.52. The molecule has 0 spiro atoms. The van der Waals surface area contributed by atoms with Gasteiger partial charge in [-0.25, -0.2) is 9.59 Å². The summed E-state index contributed by atoms with van der Waals surface area (Å²) < 4.78 is 4.95. The summed E-state index contributed by atoms with van der Waals surface area (Å²) in [5, 5.41) is 15.9. The van der Waals surface area contributed by atoms with Crippen molar-refractivity contribution in [1.29, 1.82) is 0 Å². The Morgan fingerprint density at radius 1 is 1.24 bits per heavy atom. The van der Waals surface area contributed by atoms with E-state index in [1.807, 2.05) is 0 Å². The van der Waals surface area contributed by atoms with Crippen molar-refractivity contribution < 1.29 is 24.0 Å². The second-order valence-electron chi connectivity index (χ2n) is 7.32. The molecule has 1 saturated carbocycles. The standard InChI is InChI=1S/C19H26N4O6/c1-12-6-4-5-7-15(12)20-19(26)21-17(24)11-29-18(25)14-10-13(23(27)28)8-9-16(14)22(2)3/h8-10,12,15H,4-7,11H2,1-3H3,(H2,20,21,24,26)/t12-,15+/m1/s1. The average molecular weight is 406 g/mol. The van der Waals surface area contributed by atoms with Gasteiger partial charge in [-0.3, -0.25) is 20.2 Å². The Hall–Kier alpha value is -3.17. The molecule has 1 fully saturated rings. The van der Waals surface area contributed by atoms with Gasteiger partial charge in [-0.15, -0.1) is 0 Å². The first-order valence-corrected chi connectivity index (χ1v) is 9.42. The Bertz CT molecular complexity index is 795. The third kappa shape index (κ3) is 6.16. The van der Waals surface area contributed by atoms with Crippen LogP contribution in [0.15, 0.2) is 18.2 Å². The normalized spacial score (nSPS) is 18.4. The highest BCUT2D eigenvalue weighted by atomic mass is 16.6. The van der Waals surface area contributed by atoms with Gasteiger partial charge in [-0.2, -0.15) is 0 Å². The van der Waals surface area contributed by atoms with Crippen LogP contribution in [0.1, 0.15) is 43.0 Å². The Morgan fingerprint density at radius 3 is 2.55 bits per heavy atom. The molecule has 0 bridgehead atoms. The lowest BCUT2D eigenvalue weighted by atomic mass is 9.86. The molecule has 0 saturated heterocycles. The number of nitro groups is 1. The summed E-state index contributed by atoms with van der Waals surface area (Å²) in [4.78, 5) is 48.2. The largest absolute Gasteiger partial charge is 0.452 e. The number of hydrogen-bond acceptors (Lipinski definition) is 7. The van der Waals surface area contributed by atoms with Gasteiger partial charge < -0.3 is 15.0 Å². The summed E-state index contributed by atoms with van der Waals surface area (Å²) in [6.07, 6.45) is 4.03. The SMILES string of the molecule is C[C@@H]1CCCC[C@@H]1NC(=O)NC(=O)COC(=O)c1cc([N+](=O)[O-])ccc1N(C)C. The van der Waals surface area contributed by atoms with Crippen molar-refractivity contribution in [2.45, 2.75) is 38.6 Å². The Balaban J connectivity index is 1.92. The molecule has 10 nitrogen and oxygen atoms in total. The second-order valence-corrected chi connectivity index (χ2v) is 7.32. The van der Waals surface area contributed by atoms with Crippen LogP contribution in [0.2, 0.25) is 0 Å². The highest BCUT2D eigenvalue weighted by Crippen LogP contribution is 2.25. The average Bonchev–Trinajstić information content (AvgIpc) is 2.67. The molecule has 1 aromatic rings. The minimum absolute atomic E-state index is 0.00613. The highest BCUT2D eigenvalue weighted by molar-refractivity contribution is 5.99. The first kappa shape index (κ1) is 22.1. The van der Waals surface area contributed by atoms with Crippen molar-refractivity contribution in [3.63, 3.8) is 0 Å². The maximum Gasteiger partial charge on any atom is 0.341 e. The number of anilines is 1. The maximum absolute atomic E-state index is 12.3. The summed E-state index contributed by atoms with van der Waals surface area (Å²) in [6.45, 7) is 1.37. The van der Waals surface area contributed by atoms with Gasteiger partial charge in [-0.1, -0.05) is 19.8 Å². The summed E-state index contributed by atoms with van der Waals surface area (Å²) >= 11 is 0. The molecule has 0 aromatic heterocycles. The molecule has 1 aliphatic rings. The monoisotopic (exact) mass is 406 g/mol. The van der Waals surface area contributed by atoms with Gasteiger partial charge in [-0.05, 0) is 24.8 Å². The number of urea groups is 1. The van der Waals surface area contributed by atoms with Crippen LogP contribution in [0.5, 0.6) is 0 Å². The molecule has 2 atom stereocenters. The van der Waals surface area contributed by atoms with E-state index in [-0.39, 0.29) is 17.3 Å². The zero-order valence-electron chi connectivity index (χ0n) is 16.8. The quantitative estimate of drug-likeness (QED) is 0.421. The van der Waals surface area contributed by atoms with Crippen LogP contribution in [-0.4, -0.2) is 49.6 Å². The minimum Gasteiger partial charge on any atom is -0.452 e. The number of carbonyl (C=O) groups is 3. The molecule has 1 aromatic carbocycles. The van der Waals surface area contributed by atoms with E-state index in [2.05, 4.69) is 17.6 Å². The van der Waals surface area contributed by atoms with Gasteiger partial charge in [0.15, 0.2) is 6.61 Å². The van der Waals surface area contributed by atoms with Crippen molar-refractivity contribution in [3.8, 4) is 0 Å². The van der Waals surface area contributed by atoms with Gasteiger partial charge in [0.05, 0.1) is 16.2 Å². The molecule has 3 amide bonds. The smallest absolute Gasteiger partial charge is 0.341 e. The van der Waals surface area contributed by atoms with Crippen LogP contribution in [0.4, 0.5) is 16.2 Å². The molecule has 1 aliphatic carbocycles. The maximum atomic E-state index is 12.3. The molecule has 0 radical (unpaired) electrons. The molecule has 0 aliphatic heterocycles. The van der Waals surface area contributed by atoms with E-state index >= 15 is 0 Å². The van der Waals surface area contributed by atoms with Crippen LogP contribution in [0.25, 0.3) is 0 Å². The molecular formula is C19H26N4O6. The van der Waals surface area contributed by atoms with Gasteiger partial charge in [0.1, 0.15) is 0 Å². The van der Waals surface area contributed by atoms with Crippen LogP contribution in [-0.2, 0) is 9.53 Å². The van der Waals surface area contributed by atoms with E-state index in [1.54, 1.807) is 19.0 Å². The van der Waals surface area contributed by atoms with Crippen molar-refractivity contribution in [3.05, 3.63) is 33.9 Å². The molecule has 10 heteroatoms.